The van der Waals surface area contributed by atoms with Gasteiger partial charge in [-0.25, -0.2) is 4.98 Å². The SMILES string of the molecule is O=C(COC(c1ccccc1)C(F)(F)F)N1CCN(C(=O)c2ncn[nH]2)CC1. The molecule has 2 heterocycles. The van der Waals surface area contributed by atoms with E-state index in [-0.39, 0.29) is 43.5 Å². The molecule has 2 amide bonds. The third-order valence-corrected chi connectivity index (χ3v) is 4.31. The number of nitrogens with one attached hydrogen (secondary N) is 1. The largest absolute Gasteiger partial charge is 0.418 e. The number of rotatable bonds is 5. The first-order valence-corrected chi connectivity index (χ1v) is 8.52. The molecule has 1 N–H and O–H groups in total. The number of amides is 2. The molecule has 0 saturated carbocycles. The number of hydrogen-bond donors (Lipinski definition) is 1. The van der Waals surface area contributed by atoms with Gasteiger partial charge >= 0.3 is 6.18 Å². The standard InChI is InChI=1S/C17H18F3N5O3/c18-17(19,20)14(12-4-2-1-3-5-12)28-10-13(26)24-6-8-25(9-7-24)16(27)15-21-11-22-23-15/h1-5,11,14H,6-10H2,(H,21,22,23). The van der Waals surface area contributed by atoms with Crippen LogP contribution in [0.1, 0.15) is 22.3 Å². The number of carbonyl (C=O) groups excluding carboxylic acids is 2. The molecule has 150 valence electrons. The highest BCUT2D eigenvalue weighted by Gasteiger charge is 2.42. The molecule has 1 unspecified atom stereocenters. The summed E-state index contributed by atoms with van der Waals surface area (Å²) in [6.07, 6.45) is -5.59. The van der Waals surface area contributed by atoms with Crippen LogP contribution in [0, 0.1) is 0 Å². The molecule has 1 fully saturated rings. The van der Waals surface area contributed by atoms with Gasteiger partial charge in [-0.3, -0.25) is 14.7 Å². The molecular formula is C17H18F3N5O3. The Morgan fingerprint density at radius 1 is 1.11 bits per heavy atom. The van der Waals surface area contributed by atoms with Crippen molar-refractivity contribution in [2.24, 2.45) is 0 Å². The Bertz CT molecular complexity index is 790. The van der Waals surface area contributed by atoms with Gasteiger partial charge in [-0.05, 0) is 5.56 Å². The van der Waals surface area contributed by atoms with Crippen molar-refractivity contribution in [3.8, 4) is 0 Å². The second-order valence-corrected chi connectivity index (χ2v) is 6.15. The van der Waals surface area contributed by atoms with Crippen molar-refractivity contribution in [2.45, 2.75) is 12.3 Å². The second-order valence-electron chi connectivity index (χ2n) is 6.15. The number of H-pyrrole nitrogens is 1. The van der Waals surface area contributed by atoms with E-state index in [9.17, 15) is 22.8 Å². The molecule has 0 bridgehead atoms. The monoisotopic (exact) mass is 397 g/mol. The van der Waals surface area contributed by atoms with Crippen molar-refractivity contribution >= 4 is 11.8 Å². The lowest BCUT2D eigenvalue weighted by Crippen LogP contribution is -2.51. The van der Waals surface area contributed by atoms with Gasteiger partial charge in [0.05, 0.1) is 0 Å². The third-order valence-electron chi connectivity index (χ3n) is 4.31. The summed E-state index contributed by atoms with van der Waals surface area (Å²) in [5.41, 5.74) is -0.0646. The number of hydrogen-bond acceptors (Lipinski definition) is 5. The minimum absolute atomic E-state index is 0.0646. The van der Waals surface area contributed by atoms with Crippen molar-refractivity contribution < 1.29 is 27.5 Å². The van der Waals surface area contributed by atoms with Crippen LogP contribution in [0.2, 0.25) is 0 Å². The van der Waals surface area contributed by atoms with Gasteiger partial charge in [0, 0.05) is 26.2 Å². The number of nitrogens with zero attached hydrogens (tertiary/aromatic N) is 4. The Morgan fingerprint density at radius 2 is 1.75 bits per heavy atom. The third kappa shape index (κ3) is 4.66. The van der Waals surface area contributed by atoms with E-state index in [0.717, 1.165) is 0 Å². The summed E-state index contributed by atoms with van der Waals surface area (Å²) in [6.45, 7) is 0.183. The molecule has 8 nitrogen and oxygen atoms in total. The summed E-state index contributed by atoms with van der Waals surface area (Å²) in [5, 5.41) is 6.08. The molecule has 28 heavy (non-hydrogen) atoms. The summed E-state index contributed by atoms with van der Waals surface area (Å²) < 4.78 is 44.7. The van der Waals surface area contributed by atoms with Gasteiger partial charge in [0.1, 0.15) is 12.9 Å². The zero-order valence-corrected chi connectivity index (χ0v) is 14.7. The first kappa shape index (κ1) is 19.8. The van der Waals surface area contributed by atoms with Crippen molar-refractivity contribution in [1.29, 1.82) is 0 Å². The summed E-state index contributed by atoms with van der Waals surface area (Å²) in [6, 6.07) is 7.16. The minimum atomic E-state index is -4.64. The van der Waals surface area contributed by atoms with Crippen LogP contribution in [-0.2, 0) is 9.53 Å². The fraction of sp³-hybridized carbons (Fsp3) is 0.412. The number of aromatic amines is 1. The van der Waals surface area contributed by atoms with Gasteiger partial charge in [0.2, 0.25) is 11.7 Å². The van der Waals surface area contributed by atoms with Gasteiger partial charge in [-0.1, -0.05) is 30.3 Å². The zero-order chi connectivity index (χ0) is 20.1. The molecule has 0 aliphatic carbocycles. The number of aromatic nitrogens is 3. The number of halogens is 3. The van der Waals surface area contributed by atoms with Crippen molar-refractivity contribution in [1.82, 2.24) is 25.0 Å². The first-order valence-electron chi connectivity index (χ1n) is 8.52. The molecule has 1 atom stereocenters. The van der Waals surface area contributed by atoms with Crippen LogP contribution in [0.4, 0.5) is 13.2 Å². The quantitative estimate of drug-likeness (QED) is 0.824. The summed E-state index contributed by atoms with van der Waals surface area (Å²) >= 11 is 0. The second kappa shape index (κ2) is 8.38. The molecule has 3 rings (SSSR count). The average Bonchev–Trinajstić information content (AvgIpc) is 3.22. The van der Waals surface area contributed by atoms with Gasteiger partial charge in [0.15, 0.2) is 6.10 Å². The van der Waals surface area contributed by atoms with Crippen LogP contribution in [0.25, 0.3) is 0 Å². The molecule has 0 spiro atoms. The van der Waals surface area contributed by atoms with Crippen LogP contribution in [0.15, 0.2) is 36.7 Å². The van der Waals surface area contributed by atoms with E-state index in [1.165, 1.54) is 40.4 Å². The highest BCUT2D eigenvalue weighted by Crippen LogP contribution is 2.35. The summed E-state index contributed by atoms with van der Waals surface area (Å²) in [4.78, 5) is 31.1. The Hall–Kier alpha value is -2.95. The fourth-order valence-electron chi connectivity index (χ4n) is 2.87. The molecule has 1 aromatic heterocycles. The minimum Gasteiger partial charge on any atom is -0.354 e. The smallest absolute Gasteiger partial charge is 0.354 e. The number of ether oxygens (including phenoxy) is 1. The number of piperazine rings is 1. The van der Waals surface area contributed by atoms with Crippen LogP contribution >= 0.6 is 0 Å². The van der Waals surface area contributed by atoms with E-state index in [1.54, 1.807) is 6.07 Å². The predicted molar refractivity (Wildman–Crippen MR) is 90.1 cm³/mol. The highest BCUT2D eigenvalue weighted by molar-refractivity contribution is 5.90. The lowest BCUT2D eigenvalue weighted by atomic mass is 10.1. The van der Waals surface area contributed by atoms with Crippen LogP contribution < -0.4 is 0 Å². The van der Waals surface area contributed by atoms with E-state index >= 15 is 0 Å². The van der Waals surface area contributed by atoms with E-state index < -0.39 is 24.8 Å². The van der Waals surface area contributed by atoms with Crippen molar-refractivity contribution in [3.05, 3.63) is 48.0 Å². The van der Waals surface area contributed by atoms with Gasteiger partial charge in [0.25, 0.3) is 5.91 Å². The van der Waals surface area contributed by atoms with E-state index in [1.807, 2.05) is 0 Å². The maximum absolute atomic E-state index is 13.3. The molecule has 1 aliphatic rings. The van der Waals surface area contributed by atoms with E-state index in [4.69, 9.17) is 4.74 Å². The molecule has 11 heteroatoms. The normalized spacial score (nSPS) is 16.1. The van der Waals surface area contributed by atoms with Crippen molar-refractivity contribution in [2.75, 3.05) is 32.8 Å². The Balaban J connectivity index is 1.53. The molecular weight excluding hydrogens is 379 g/mol. The van der Waals surface area contributed by atoms with Crippen molar-refractivity contribution in [3.63, 3.8) is 0 Å². The maximum atomic E-state index is 13.3. The Morgan fingerprint density at radius 3 is 2.32 bits per heavy atom. The first-order chi connectivity index (χ1) is 13.4. The maximum Gasteiger partial charge on any atom is 0.418 e. The predicted octanol–water partition coefficient (Wildman–Crippen LogP) is 1.41. The Kier molecular flexibility index (Phi) is 5.93. The number of carbonyl (C=O) groups is 2. The lowest BCUT2D eigenvalue weighted by molar-refractivity contribution is -0.224. The van der Waals surface area contributed by atoms with Gasteiger partial charge in [-0.15, -0.1) is 0 Å². The summed E-state index contributed by atoms with van der Waals surface area (Å²) in [5.74, 6) is -0.807. The van der Waals surface area contributed by atoms with Gasteiger partial charge in [-0.2, -0.15) is 18.3 Å². The fourth-order valence-corrected chi connectivity index (χ4v) is 2.87. The molecule has 1 saturated heterocycles. The van der Waals surface area contributed by atoms with E-state index in [2.05, 4.69) is 15.2 Å². The number of alkyl halides is 3. The van der Waals surface area contributed by atoms with Crippen LogP contribution in [0.5, 0.6) is 0 Å². The molecule has 1 aromatic carbocycles. The summed E-state index contributed by atoms with van der Waals surface area (Å²) in [7, 11) is 0. The Labute approximate surface area is 158 Å². The van der Waals surface area contributed by atoms with Crippen LogP contribution in [0.3, 0.4) is 0 Å². The van der Waals surface area contributed by atoms with Crippen LogP contribution in [-0.4, -0.2) is 75.8 Å². The molecule has 1 aliphatic heterocycles. The zero-order valence-electron chi connectivity index (χ0n) is 14.7. The van der Waals surface area contributed by atoms with E-state index in [0.29, 0.717) is 0 Å². The average molecular weight is 397 g/mol. The molecule has 0 radical (unpaired) electrons. The number of benzene rings is 1. The highest BCUT2D eigenvalue weighted by atomic mass is 19.4. The van der Waals surface area contributed by atoms with Gasteiger partial charge < -0.3 is 14.5 Å². The lowest BCUT2D eigenvalue weighted by Gasteiger charge is -2.34. The topological polar surface area (TPSA) is 91.4 Å². The molecule has 2 aromatic rings.